The Hall–Kier alpha value is -3.84. The Kier molecular flexibility index (Phi) is 24.5. The number of fused-ring (bicyclic) bond motifs is 8. The maximum Gasteiger partial charge on any atom is 0.314 e. The number of piperidine rings is 4. The van der Waals surface area contributed by atoms with Gasteiger partial charge in [-0.2, -0.15) is 0 Å². The van der Waals surface area contributed by atoms with E-state index in [0.717, 1.165) is 67.4 Å². The molecule has 0 radical (unpaired) electrons. The van der Waals surface area contributed by atoms with Crippen molar-refractivity contribution in [2.75, 3.05) is 92.1 Å². The Morgan fingerprint density at radius 3 is 1.34 bits per heavy atom. The number of hydrogen-bond acceptors (Lipinski definition) is 14. The predicted octanol–water partition coefficient (Wildman–Crippen LogP) is 10.7. The summed E-state index contributed by atoms with van der Waals surface area (Å²) in [6, 6.07) is 21.4. The monoisotopic (exact) mass is 1330 g/mol. The van der Waals surface area contributed by atoms with Crippen molar-refractivity contribution in [3.8, 4) is 11.5 Å². The molecule has 18 nitrogen and oxygen atoms in total. The number of halogens is 4. The zero-order valence-corrected chi connectivity index (χ0v) is 54.5. The van der Waals surface area contributed by atoms with Crippen LogP contribution in [0.3, 0.4) is 0 Å². The molecular formula is C64H84Cl4N6O12S2. The first-order valence-corrected chi connectivity index (χ1v) is 35.9. The molecule has 4 N–H and O–H groups in total. The summed E-state index contributed by atoms with van der Waals surface area (Å²) < 4.78 is 93.2. The third kappa shape index (κ3) is 18.0. The van der Waals surface area contributed by atoms with Crippen LogP contribution in [-0.2, 0) is 56.6 Å². The third-order valence-corrected chi connectivity index (χ3v) is 22.3. The van der Waals surface area contributed by atoms with E-state index in [1.54, 1.807) is 60.7 Å². The Labute approximate surface area is 539 Å². The van der Waals surface area contributed by atoms with Crippen LogP contribution in [0.2, 0.25) is 20.1 Å². The van der Waals surface area contributed by atoms with Crippen molar-refractivity contribution in [1.29, 1.82) is 0 Å². The van der Waals surface area contributed by atoms with Crippen LogP contribution in [0.1, 0.15) is 124 Å². The van der Waals surface area contributed by atoms with Gasteiger partial charge in [0, 0.05) is 102 Å². The van der Waals surface area contributed by atoms with Crippen molar-refractivity contribution in [2.45, 2.75) is 149 Å². The SMILES string of the molecule is O=C(CCCCCNC(=O)NCCOCCOCCNS(=O)(=O)c1ccc(O[C@H]2c3cc(Cl)cc(Cl)c3C[C@@H]2N2CC3CCC2CC3)cc1)CCCOCCOCCNS(=O)(=O)c1ccc(O[C@H]2c3cc(Cl)cc(Cl)c3C[C@@H]2N2CC3CCC2CC3)cc1. The Morgan fingerprint density at radius 2 is 0.898 bits per heavy atom. The van der Waals surface area contributed by atoms with Gasteiger partial charge in [0.25, 0.3) is 0 Å². The molecule has 12 rings (SSSR count). The highest BCUT2D eigenvalue weighted by Crippen LogP contribution is 2.49. The molecule has 8 aliphatic rings. The standard InChI is InChI=1S/C64H84Cl4N6O12S2/c65-45-35-56-54(58(67)37-45)39-60(73-41-43-7-11-47(73)12-8-43)62(56)85-50-15-19-52(20-16-50)87(77,78)71-25-29-83-32-31-81-27-4-6-49(75)5-2-1-3-23-69-64(76)70-24-28-82-33-34-84-30-26-72-88(79,80)53-21-17-51(18-22-53)86-63-57-36-46(66)38-59(68)55(57)40-61(63)74-42-44-9-13-48(74)14-10-44/h15-22,35-38,43-44,47-48,60-63,71-72H,1-14,23-34,39-42H2,(H2,69,70,76)/t43?,44?,47?,48?,60-,61-,62-,63-/m0/s1. The average molecular weight is 1340 g/mol. The van der Waals surface area contributed by atoms with Gasteiger partial charge in [-0.05, 0) is 179 Å². The number of carbonyl (C=O) groups is 2. The quantitative estimate of drug-likeness (QED) is 0.0316. The molecule has 4 aliphatic carbocycles. The second-order valence-corrected chi connectivity index (χ2v) is 29.3. The first kappa shape index (κ1) is 67.1. The first-order chi connectivity index (χ1) is 42.6. The van der Waals surface area contributed by atoms with E-state index in [0.29, 0.717) is 101 Å². The highest BCUT2D eigenvalue weighted by molar-refractivity contribution is 7.89. The second kappa shape index (κ2) is 32.1. The molecular weight excluding hydrogens is 1250 g/mol. The number of rotatable bonds is 35. The molecule has 0 unspecified atom stereocenters. The summed E-state index contributed by atoms with van der Waals surface area (Å²) in [6.45, 7) is 5.24. The number of unbranched alkanes of at least 4 members (excludes halogenated alkanes) is 2. The van der Waals surface area contributed by atoms with Gasteiger partial charge in [-0.15, -0.1) is 0 Å². The number of benzene rings is 4. The minimum atomic E-state index is -3.79. The fraction of sp³-hybridized carbons (Fsp3) is 0.594. The topological polar surface area (TPSA) is 212 Å². The lowest BCUT2D eigenvalue weighted by Crippen LogP contribution is -2.54. The van der Waals surface area contributed by atoms with Crippen LogP contribution in [0.4, 0.5) is 4.79 Å². The molecule has 88 heavy (non-hydrogen) atoms. The van der Waals surface area contributed by atoms with Gasteiger partial charge in [-0.25, -0.2) is 31.1 Å². The highest BCUT2D eigenvalue weighted by Gasteiger charge is 2.47. The molecule has 4 bridgehead atoms. The number of ether oxygens (including phenoxy) is 6. The first-order valence-electron chi connectivity index (χ1n) is 31.4. The molecule has 4 atom stereocenters. The van der Waals surface area contributed by atoms with Gasteiger partial charge in [-0.3, -0.25) is 14.6 Å². The van der Waals surface area contributed by atoms with E-state index < -0.39 is 20.0 Å². The number of amides is 2. The third-order valence-electron chi connectivity index (χ3n) is 18.2. The van der Waals surface area contributed by atoms with Crippen molar-refractivity contribution < 1.29 is 54.8 Å². The molecule has 6 fully saturated rings. The van der Waals surface area contributed by atoms with Crippen LogP contribution in [0.5, 0.6) is 11.5 Å². The lowest BCUT2D eigenvalue weighted by molar-refractivity contribution is -0.119. The Balaban J connectivity index is 0.498. The maximum atomic E-state index is 13.1. The summed E-state index contributed by atoms with van der Waals surface area (Å²) >= 11 is 26.4. The summed E-state index contributed by atoms with van der Waals surface area (Å²) in [5, 5.41) is 8.00. The normalized spacial score (nSPS) is 23.3. The van der Waals surface area contributed by atoms with Crippen LogP contribution in [0, 0.1) is 11.8 Å². The number of hydrogen-bond donors (Lipinski definition) is 4. The molecule has 4 aromatic carbocycles. The van der Waals surface area contributed by atoms with Gasteiger partial charge in [-0.1, -0.05) is 52.8 Å². The number of sulfonamides is 2. The molecule has 4 heterocycles. The summed E-state index contributed by atoms with van der Waals surface area (Å²) in [7, 11) is -7.58. The zero-order valence-electron chi connectivity index (χ0n) is 49.9. The molecule has 0 aromatic heterocycles. The number of ketones is 1. The van der Waals surface area contributed by atoms with Gasteiger partial charge in [0.15, 0.2) is 0 Å². The van der Waals surface area contributed by atoms with Crippen LogP contribution < -0.4 is 29.6 Å². The smallest absolute Gasteiger partial charge is 0.314 e. The van der Waals surface area contributed by atoms with Gasteiger partial charge in [0.2, 0.25) is 20.0 Å². The molecule has 4 saturated heterocycles. The number of nitrogens with one attached hydrogen (secondary N) is 4. The van der Waals surface area contributed by atoms with E-state index in [1.807, 2.05) is 12.1 Å². The Morgan fingerprint density at radius 1 is 0.477 bits per heavy atom. The molecule has 4 aliphatic heterocycles. The van der Waals surface area contributed by atoms with Crippen molar-refractivity contribution in [3.63, 3.8) is 0 Å². The van der Waals surface area contributed by atoms with Crippen LogP contribution in [-0.4, -0.2) is 155 Å². The summed E-state index contributed by atoms with van der Waals surface area (Å²) in [5.41, 5.74) is 4.11. The maximum absolute atomic E-state index is 13.1. The Bertz CT molecular complexity index is 2980. The van der Waals surface area contributed by atoms with Crippen molar-refractivity contribution >= 4 is 78.3 Å². The van der Waals surface area contributed by atoms with E-state index in [4.69, 9.17) is 74.8 Å². The predicted molar refractivity (Wildman–Crippen MR) is 340 cm³/mol. The molecule has 24 heteroatoms. The molecule has 482 valence electrons. The van der Waals surface area contributed by atoms with Crippen LogP contribution in [0.15, 0.2) is 82.6 Å². The minimum absolute atomic E-state index is 0.0790. The van der Waals surface area contributed by atoms with E-state index in [-0.39, 0.29) is 98.6 Å². The van der Waals surface area contributed by atoms with Crippen LogP contribution in [0.25, 0.3) is 0 Å². The fourth-order valence-corrected chi connectivity index (χ4v) is 16.9. The molecule has 2 amide bonds. The fourth-order valence-electron chi connectivity index (χ4n) is 13.7. The van der Waals surface area contributed by atoms with Crippen molar-refractivity contribution in [1.82, 2.24) is 29.9 Å². The van der Waals surface area contributed by atoms with E-state index in [2.05, 4.69) is 29.9 Å². The molecule has 0 spiro atoms. The second-order valence-electron chi connectivity index (χ2n) is 24.1. The van der Waals surface area contributed by atoms with Gasteiger partial charge in [0.05, 0.1) is 68.1 Å². The largest absolute Gasteiger partial charge is 0.484 e. The molecule has 2 saturated carbocycles. The minimum Gasteiger partial charge on any atom is -0.484 e. The van der Waals surface area contributed by atoms with Crippen molar-refractivity contribution in [2.24, 2.45) is 11.8 Å². The zero-order chi connectivity index (χ0) is 61.6. The van der Waals surface area contributed by atoms with Gasteiger partial charge < -0.3 is 39.1 Å². The van der Waals surface area contributed by atoms with E-state index >= 15 is 0 Å². The highest BCUT2D eigenvalue weighted by atomic mass is 35.5. The summed E-state index contributed by atoms with van der Waals surface area (Å²) in [4.78, 5) is 30.1. The van der Waals surface area contributed by atoms with E-state index in [1.165, 1.54) is 51.4 Å². The van der Waals surface area contributed by atoms with Crippen LogP contribution >= 0.6 is 46.4 Å². The number of nitrogens with zero attached hydrogens (tertiary/aromatic N) is 2. The summed E-state index contributed by atoms with van der Waals surface area (Å²) in [5.74, 6) is 2.72. The molecule has 4 aromatic rings. The van der Waals surface area contributed by atoms with Gasteiger partial charge >= 0.3 is 6.03 Å². The van der Waals surface area contributed by atoms with Crippen molar-refractivity contribution in [3.05, 3.63) is 115 Å². The number of Topliss-reactive ketones (excluding diaryl/α,β-unsaturated/α-hetero) is 1. The lowest BCUT2D eigenvalue weighted by Gasteiger charge is -2.49. The van der Waals surface area contributed by atoms with E-state index in [9.17, 15) is 26.4 Å². The number of carbonyl (C=O) groups excluding carboxylic acids is 2. The lowest BCUT2D eigenvalue weighted by atomic mass is 9.79. The summed E-state index contributed by atoms with van der Waals surface area (Å²) in [6.07, 6.45) is 14.7. The van der Waals surface area contributed by atoms with Gasteiger partial charge in [0.1, 0.15) is 29.5 Å². The average Bonchev–Trinajstić information content (AvgIpc) is 1.64. The number of urea groups is 1.